The lowest BCUT2D eigenvalue weighted by Gasteiger charge is -2.38. The number of nitrogens with zero attached hydrogens (tertiary/aromatic N) is 1. The fraction of sp³-hybridized carbons (Fsp3) is 1.00. The third-order valence-corrected chi connectivity index (χ3v) is 4.59. The summed E-state index contributed by atoms with van der Waals surface area (Å²) < 4.78 is 5.67. The Morgan fingerprint density at radius 1 is 1.37 bits per heavy atom. The normalized spacial score (nSPS) is 30.3. The van der Waals surface area contributed by atoms with Gasteiger partial charge in [-0.15, -0.1) is 0 Å². The van der Waals surface area contributed by atoms with Gasteiger partial charge < -0.3 is 20.1 Å². The van der Waals surface area contributed by atoms with Gasteiger partial charge in [0.2, 0.25) is 0 Å². The molecule has 2 N–H and O–H groups in total. The highest BCUT2D eigenvalue weighted by Crippen LogP contribution is 2.31. The smallest absolute Gasteiger partial charge is 0.0547 e. The van der Waals surface area contributed by atoms with Gasteiger partial charge in [-0.25, -0.2) is 0 Å². The lowest BCUT2D eigenvalue weighted by Crippen LogP contribution is -2.48. The van der Waals surface area contributed by atoms with Gasteiger partial charge in [-0.05, 0) is 38.3 Å². The van der Waals surface area contributed by atoms with E-state index < -0.39 is 0 Å². The molecule has 2 fully saturated rings. The van der Waals surface area contributed by atoms with Gasteiger partial charge in [-0.2, -0.15) is 0 Å². The summed E-state index contributed by atoms with van der Waals surface area (Å²) in [5.74, 6) is 0.529. The molecule has 0 bridgehead atoms. The Morgan fingerprint density at radius 2 is 2.11 bits per heavy atom. The first-order valence-corrected chi connectivity index (χ1v) is 7.78. The lowest BCUT2D eigenvalue weighted by molar-refractivity contribution is 0.0739. The number of rotatable bonds is 6. The summed E-state index contributed by atoms with van der Waals surface area (Å²) in [6.07, 6.45) is 3.46. The lowest BCUT2D eigenvalue weighted by atomic mass is 9.85. The second-order valence-electron chi connectivity index (χ2n) is 6.74. The fourth-order valence-electron chi connectivity index (χ4n) is 3.19. The van der Waals surface area contributed by atoms with Crippen LogP contribution >= 0.6 is 0 Å². The molecule has 0 spiro atoms. The minimum absolute atomic E-state index is 0.302. The van der Waals surface area contributed by atoms with Crippen LogP contribution in [0.2, 0.25) is 0 Å². The van der Waals surface area contributed by atoms with Crippen molar-refractivity contribution in [3.8, 4) is 0 Å². The number of likely N-dealkylation sites (tertiary alicyclic amines) is 1. The van der Waals surface area contributed by atoms with Crippen LogP contribution in [0.3, 0.4) is 0 Å². The topological polar surface area (TPSA) is 44.7 Å². The fourth-order valence-corrected chi connectivity index (χ4v) is 3.19. The van der Waals surface area contributed by atoms with Crippen LogP contribution < -0.4 is 5.32 Å². The van der Waals surface area contributed by atoms with Crippen molar-refractivity contribution >= 4 is 0 Å². The van der Waals surface area contributed by atoms with Crippen LogP contribution in [0, 0.1) is 11.3 Å². The molecule has 0 aromatic heterocycles. The molecular formula is C15H30N2O2. The van der Waals surface area contributed by atoms with E-state index in [4.69, 9.17) is 4.74 Å². The maximum absolute atomic E-state index is 9.21. The first-order chi connectivity index (χ1) is 9.13. The molecule has 1 atom stereocenters. The Kier molecular flexibility index (Phi) is 5.63. The van der Waals surface area contributed by atoms with Crippen LogP contribution in [0.1, 0.15) is 33.1 Å². The Balaban J connectivity index is 1.83. The monoisotopic (exact) mass is 270 g/mol. The highest BCUT2D eigenvalue weighted by atomic mass is 16.5. The molecule has 0 amide bonds. The molecule has 2 heterocycles. The van der Waals surface area contributed by atoms with Crippen molar-refractivity contribution in [3.63, 3.8) is 0 Å². The third kappa shape index (κ3) is 4.42. The molecule has 0 aromatic carbocycles. The molecule has 4 nitrogen and oxygen atoms in total. The number of hydrogen-bond acceptors (Lipinski definition) is 4. The van der Waals surface area contributed by atoms with Gasteiger partial charge in [0.05, 0.1) is 6.61 Å². The molecular weight excluding hydrogens is 240 g/mol. The molecule has 2 aliphatic heterocycles. The zero-order valence-electron chi connectivity index (χ0n) is 12.5. The third-order valence-electron chi connectivity index (χ3n) is 4.59. The molecule has 0 aliphatic carbocycles. The first kappa shape index (κ1) is 15.2. The summed E-state index contributed by atoms with van der Waals surface area (Å²) in [5, 5.41) is 12.8. The van der Waals surface area contributed by atoms with Crippen molar-refractivity contribution in [1.82, 2.24) is 10.2 Å². The molecule has 0 saturated carbocycles. The van der Waals surface area contributed by atoms with Gasteiger partial charge in [0.15, 0.2) is 0 Å². The largest absolute Gasteiger partial charge is 0.396 e. The molecule has 112 valence electrons. The van der Waals surface area contributed by atoms with Crippen LogP contribution in [-0.4, -0.2) is 62.0 Å². The van der Waals surface area contributed by atoms with E-state index >= 15 is 0 Å². The standard InChI is InChI=1S/C15H30N2O2/c1-13(2)16-10-15(5-8-19-12-15)11-17-6-3-14(9-18)4-7-17/h13-14,16,18H,3-12H2,1-2H3. The Labute approximate surface area is 117 Å². The van der Waals surface area contributed by atoms with Gasteiger partial charge in [0.1, 0.15) is 0 Å². The van der Waals surface area contributed by atoms with Crippen molar-refractivity contribution < 1.29 is 9.84 Å². The summed E-state index contributed by atoms with van der Waals surface area (Å²) in [6, 6.07) is 0.539. The number of hydrogen-bond donors (Lipinski definition) is 2. The van der Waals surface area contributed by atoms with E-state index in [1.54, 1.807) is 0 Å². The summed E-state index contributed by atoms with van der Waals surface area (Å²) in [5.41, 5.74) is 0.302. The molecule has 0 radical (unpaired) electrons. The Morgan fingerprint density at radius 3 is 2.63 bits per heavy atom. The average Bonchev–Trinajstić information content (AvgIpc) is 2.86. The average molecular weight is 270 g/mol. The second kappa shape index (κ2) is 7.02. The predicted octanol–water partition coefficient (Wildman–Crippen LogP) is 1.10. The molecule has 2 aliphatic rings. The zero-order valence-corrected chi connectivity index (χ0v) is 12.5. The van der Waals surface area contributed by atoms with Crippen molar-refractivity contribution in [3.05, 3.63) is 0 Å². The number of ether oxygens (including phenoxy) is 1. The quantitative estimate of drug-likeness (QED) is 0.758. The van der Waals surface area contributed by atoms with Crippen LogP contribution in [0.4, 0.5) is 0 Å². The van der Waals surface area contributed by atoms with Gasteiger partial charge in [0.25, 0.3) is 0 Å². The summed E-state index contributed by atoms with van der Waals surface area (Å²) in [7, 11) is 0. The van der Waals surface area contributed by atoms with Crippen LogP contribution in [0.25, 0.3) is 0 Å². The highest BCUT2D eigenvalue weighted by molar-refractivity contribution is 4.90. The van der Waals surface area contributed by atoms with E-state index in [2.05, 4.69) is 24.1 Å². The van der Waals surface area contributed by atoms with Gasteiger partial charge in [-0.3, -0.25) is 0 Å². The maximum Gasteiger partial charge on any atom is 0.0547 e. The van der Waals surface area contributed by atoms with E-state index in [0.29, 0.717) is 24.0 Å². The molecule has 2 saturated heterocycles. The van der Waals surface area contributed by atoms with E-state index in [9.17, 15) is 5.11 Å². The van der Waals surface area contributed by atoms with E-state index in [1.807, 2.05) is 0 Å². The SMILES string of the molecule is CC(C)NCC1(CN2CCC(CO)CC2)CCOC1. The summed E-state index contributed by atoms with van der Waals surface area (Å²) in [6.45, 7) is 11.0. The number of aliphatic hydroxyl groups is 1. The van der Waals surface area contributed by atoms with Gasteiger partial charge in [0, 0.05) is 37.8 Å². The van der Waals surface area contributed by atoms with Crippen molar-refractivity contribution in [2.24, 2.45) is 11.3 Å². The first-order valence-electron chi connectivity index (χ1n) is 7.78. The molecule has 4 heteroatoms. The van der Waals surface area contributed by atoms with Crippen molar-refractivity contribution in [1.29, 1.82) is 0 Å². The molecule has 19 heavy (non-hydrogen) atoms. The summed E-state index contributed by atoms with van der Waals surface area (Å²) in [4.78, 5) is 2.57. The number of aliphatic hydroxyl groups excluding tert-OH is 1. The second-order valence-corrected chi connectivity index (χ2v) is 6.74. The molecule has 2 rings (SSSR count). The Bertz CT molecular complexity index is 257. The van der Waals surface area contributed by atoms with Crippen LogP contribution in [0.5, 0.6) is 0 Å². The maximum atomic E-state index is 9.21. The zero-order chi connectivity index (χ0) is 13.7. The molecule has 1 unspecified atom stereocenters. The van der Waals surface area contributed by atoms with E-state index in [1.165, 1.54) is 6.42 Å². The number of nitrogens with one attached hydrogen (secondary N) is 1. The summed E-state index contributed by atoms with van der Waals surface area (Å²) >= 11 is 0. The number of piperidine rings is 1. The van der Waals surface area contributed by atoms with Gasteiger partial charge >= 0.3 is 0 Å². The van der Waals surface area contributed by atoms with E-state index in [-0.39, 0.29) is 0 Å². The molecule has 0 aromatic rings. The van der Waals surface area contributed by atoms with Gasteiger partial charge in [-0.1, -0.05) is 13.8 Å². The highest BCUT2D eigenvalue weighted by Gasteiger charge is 2.37. The minimum atomic E-state index is 0.302. The Hall–Kier alpha value is -0.160. The minimum Gasteiger partial charge on any atom is -0.396 e. The van der Waals surface area contributed by atoms with Crippen LogP contribution in [-0.2, 0) is 4.74 Å². The van der Waals surface area contributed by atoms with Crippen molar-refractivity contribution in [2.45, 2.75) is 39.2 Å². The predicted molar refractivity (Wildman–Crippen MR) is 77.3 cm³/mol. The van der Waals surface area contributed by atoms with Crippen molar-refractivity contribution in [2.75, 3.05) is 46.0 Å². The van der Waals surface area contributed by atoms with Crippen LogP contribution in [0.15, 0.2) is 0 Å². The van der Waals surface area contributed by atoms with E-state index in [0.717, 1.165) is 52.2 Å².